The minimum absolute atomic E-state index is 0.107. The number of carbonyl (C=O) groups excluding carboxylic acids is 1. The Bertz CT molecular complexity index is 664. The van der Waals surface area contributed by atoms with Gasteiger partial charge in [0.15, 0.2) is 0 Å². The molecule has 0 aromatic heterocycles. The molecule has 1 aromatic rings. The van der Waals surface area contributed by atoms with E-state index in [0.717, 1.165) is 30.9 Å². The SMILES string of the molecule is O=C1CCCN1c1ccc(S(=O)(=O)NCCCC2CCCC2)cc1. The zero-order chi connectivity index (χ0) is 17.0. The van der Waals surface area contributed by atoms with Gasteiger partial charge < -0.3 is 4.90 Å². The first kappa shape index (κ1) is 17.4. The van der Waals surface area contributed by atoms with Crippen molar-refractivity contribution in [2.45, 2.75) is 56.3 Å². The van der Waals surface area contributed by atoms with Crippen LogP contribution in [0.15, 0.2) is 29.2 Å². The maximum absolute atomic E-state index is 12.3. The molecule has 0 bridgehead atoms. The molecule has 6 heteroatoms. The Hall–Kier alpha value is -1.40. The van der Waals surface area contributed by atoms with Gasteiger partial charge in [0.05, 0.1) is 4.90 Å². The van der Waals surface area contributed by atoms with Gasteiger partial charge in [0.1, 0.15) is 0 Å². The van der Waals surface area contributed by atoms with Gasteiger partial charge in [-0.05, 0) is 49.4 Å². The van der Waals surface area contributed by atoms with E-state index in [1.165, 1.54) is 25.7 Å². The Morgan fingerprint density at radius 2 is 1.79 bits per heavy atom. The molecule has 24 heavy (non-hydrogen) atoms. The van der Waals surface area contributed by atoms with Crippen molar-refractivity contribution in [1.29, 1.82) is 0 Å². The molecule has 1 saturated heterocycles. The van der Waals surface area contributed by atoms with E-state index in [1.54, 1.807) is 29.2 Å². The molecule has 1 aliphatic carbocycles. The summed E-state index contributed by atoms with van der Waals surface area (Å²) in [7, 11) is -3.46. The second-order valence-electron chi connectivity index (χ2n) is 6.83. The topological polar surface area (TPSA) is 66.5 Å². The van der Waals surface area contributed by atoms with Crippen LogP contribution in [0.4, 0.5) is 5.69 Å². The molecular formula is C18H26N2O3S. The van der Waals surface area contributed by atoms with Crippen molar-refractivity contribution in [2.24, 2.45) is 5.92 Å². The molecular weight excluding hydrogens is 324 g/mol. The monoisotopic (exact) mass is 350 g/mol. The Morgan fingerprint density at radius 1 is 1.08 bits per heavy atom. The van der Waals surface area contributed by atoms with Gasteiger partial charge in [-0.25, -0.2) is 13.1 Å². The minimum Gasteiger partial charge on any atom is -0.312 e. The first-order valence-electron chi connectivity index (χ1n) is 8.96. The second kappa shape index (κ2) is 7.66. The third-order valence-corrected chi connectivity index (χ3v) is 6.57. The summed E-state index contributed by atoms with van der Waals surface area (Å²) in [4.78, 5) is 13.7. The highest BCUT2D eigenvalue weighted by Crippen LogP contribution is 2.28. The van der Waals surface area contributed by atoms with Crippen molar-refractivity contribution >= 4 is 21.6 Å². The molecule has 1 heterocycles. The van der Waals surface area contributed by atoms with Crippen LogP contribution in [0.1, 0.15) is 51.4 Å². The zero-order valence-electron chi connectivity index (χ0n) is 14.0. The van der Waals surface area contributed by atoms with Gasteiger partial charge in [0, 0.05) is 25.2 Å². The first-order chi connectivity index (χ1) is 11.6. The normalized spacial score (nSPS) is 19.3. The lowest BCUT2D eigenvalue weighted by Crippen LogP contribution is -2.26. The summed E-state index contributed by atoms with van der Waals surface area (Å²) < 4.78 is 27.4. The van der Waals surface area contributed by atoms with E-state index in [9.17, 15) is 13.2 Å². The molecule has 5 nitrogen and oxygen atoms in total. The number of anilines is 1. The van der Waals surface area contributed by atoms with Gasteiger partial charge in [-0.1, -0.05) is 25.7 Å². The van der Waals surface area contributed by atoms with Crippen LogP contribution in [-0.4, -0.2) is 27.4 Å². The Balaban J connectivity index is 1.53. The number of nitrogens with zero attached hydrogens (tertiary/aromatic N) is 1. The highest BCUT2D eigenvalue weighted by atomic mass is 32.2. The predicted molar refractivity (Wildman–Crippen MR) is 94.4 cm³/mol. The number of sulfonamides is 1. The highest BCUT2D eigenvalue weighted by Gasteiger charge is 2.22. The molecule has 0 spiro atoms. The molecule has 1 aromatic carbocycles. The van der Waals surface area contributed by atoms with Gasteiger partial charge >= 0.3 is 0 Å². The van der Waals surface area contributed by atoms with E-state index >= 15 is 0 Å². The fourth-order valence-electron chi connectivity index (χ4n) is 3.71. The van der Waals surface area contributed by atoms with Crippen LogP contribution in [0.2, 0.25) is 0 Å². The van der Waals surface area contributed by atoms with Gasteiger partial charge in [0.2, 0.25) is 15.9 Å². The molecule has 1 saturated carbocycles. The summed E-state index contributed by atoms with van der Waals surface area (Å²) in [5, 5.41) is 0. The van der Waals surface area contributed by atoms with Gasteiger partial charge in [-0.15, -0.1) is 0 Å². The smallest absolute Gasteiger partial charge is 0.240 e. The lowest BCUT2D eigenvalue weighted by Gasteiger charge is -2.16. The van der Waals surface area contributed by atoms with Crippen molar-refractivity contribution in [1.82, 2.24) is 4.72 Å². The Kier molecular flexibility index (Phi) is 5.56. The van der Waals surface area contributed by atoms with E-state index in [4.69, 9.17) is 0 Å². The van der Waals surface area contributed by atoms with Gasteiger partial charge in [0.25, 0.3) is 0 Å². The summed E-state index contributed by atoms with van der Waals surface area (Å²) in [6.45, 7) is 1.20. The molecule has 1 aliphatic heterocycles. The Morgan fingerprint density at radius 3 is 2.42 bits per heavy atom. The number of rotatable bonds is 7. The third kappa shape index (κ3) is 4.16. The minimum atomic E-state index is -3.46. The van der Waals surface area contributed by atoms with Crippen LogP contribution >= 0.6 is 0 Å². The molecule has 0 atom stereocenters. The van der Waals surface area contributed by atoms with Crippen molar-refractivity contribution in [3.8, 4) is 0 Å². The van der Waals surface area contributed by atoms with Crippen LogP contribution in [0, 0.1) is 5.92 Å². The fourth-order valence-corrected chi connectivity index (χ4v) is 4.78. The lowest BCUT2D eigenvalue weighted by atomic mass is 10.0. The average molecular weight is 350 g/mol. The van der Waals surface area contributed by atoms with Crippen LogP contribution in [0.25, 0.3) is 0 Å². The number of benzene rings is 1. The summed E-state index contributed by atoms with van der Waals surface area (Å²) in [5.74, 6) is 0.891. The summed E-state index contributed by atoms with van der Waals surface area (Å²) in [6, 6.07) is 6.60. The largest absolute Gasteiger partial charge is 0.312 e. The summed E-state index contributed by atoms with van der Waals surface area (Å²) in [6.07, 6.45) is 8.67. The second-order valence-corrected chi connectivity index (χ2v) is 8.60. The van der Waals surface area contributed by atoms with Crippen LogP contribution in [0.5, 0.6) is 0 Å². The fraction of sp³-hybridized carbons (Fsp3) is 0.611. The summed E-state index contributed by atoms with van der Waals surface area (Å²) in [5.41, 5.74) is 0.776. The summed E-state index contributed by atoms with van der Waals surface area (Å²) >= 11 is 0. The quantitative estimate of drug-likeness (QED) is 0.769. The van der Waals surface area contributed by atoms with Crippen LogP contribution in [0.3, 0.4) is 0 Å². The van der Waals surface area contributed by atoms with E-state index in [1.807, 2.05) is 0 Å². The van der Waals surface area contributed by atoms with Crippen molar-refractivity contribution in [3.63, 3.8) is 0 Å². The van der Waals surface area contributed by atoms with Crippen molar-refractivity contribution < 1.29 is 13.2 Å². The number of amides is 1. The van der Waals surface area contributed by atoms with E-state index in [0.29, 0.717) is 19.5 Å². The number of hydrogen-bond donors (Lipinski definition) is 1. The van der Waals surface area contributed by atoms with Crippen LogP contribution in [-0.2, 0) is 14.8 Å². The predicted octanol–water partition coefficient (Wildman–Crippen LogP) is 3.06. The molecule has 2 aliphatic rings. The molecule has 3 rings (SSSR count). The van der Waals surface area contributed by atoms with Crippen LogP contribution < -0.4 is 9.62 Å². The lowest BCUT2D eigenvalue weighted by molar-refractivity contribution is -0.117. The van der Waals surface area contributed by atoms with Crippen molar-refractivity contribution in [3.05, 3.63) is 24.3 Å². The third-order valence-electron chi connectivity index (χ3n) is 5.09. The van der Waals surface area contributed by atoms with Gasteiger partial charge in [-0.2, -0.15) is 0 Å². The van der Waals surface area contributed by atoms with E-state index in [-0.39, 0.29) is 10.8 Å². The van der Waals surface area contributed by atoms with E-state index < -0.39 is 10.0 Å². The standard InChI is InChI=1S/C18H26N2O3S/c21-18-8-4-14-20(18)16-9-11-17(12-10-16)24(22,23)19-13-3-7-15-5-1-2-6-15/h9-12,15,19H,1-8,13-14H2. The highest BCUT2D eigenvalue weighted by molar-refractivity contribution is 7.89. The van der Waals surface area contributed by atoms with Crippen molar-refractivity contribution in [2.75, 3.05) is 18.0 Å². The average Bonchev–Trinajstić information content (AvgIpc) is 3.23. The number of nitrogens with one attached hydrogen (secondary N) is 1. The molecule has 132 valence electrons. The molecule has 2 fully saturated rings. The van der Waals surface area contributed by atoms with Gasteiger partial charge in [-0.3, -0.25) is 4.79 Å². The van der Waals surface area contributed by atoms with E-state index in [2.05, 4.69) is 4.72 Å². The first-order valence-corrected chi connectivity index (χ1v) is 10.4. The molecule has 1 N–H and O–H groups in total. The Labute approximate surface area is 144 Å². The molecule has 0 radical (unpaired) electrons. The molecule has 1 amide bonds. The number of carbonyl (C=O) groups is 1. The zero-order valence-corrected chi connectivity index (χ0v) is 14.9. The molecule has 0 unspecified atom stereocenters. The maximum atomic E-state index is 12.3. The maximum Gasteiger partial charge on any atom is 0.240 e. The number of hydrogen-bond acceptors (Lipinski definition) is 3.